The second-order valence-electron chi connectivity index (χ2n) is 5.63. The lowest BCUT2D eigenvalue weighted by molar-refractivity contribution is -0.384. The van der Waals surface area contributed by atoms with Gasteiger partial charge in [-0.2, -0.15) is 0 Å². The van der Waals surface area contributed by atoms with Crippen LogP contribution in [0, 0.1) is 15.9 Å². The van der Waals surface area contributed by atoms with Crippen molar-refractivity contribution in [2.75, 3.05) is 12.3 Å². The molecule has 0 saturated heterocycles. The molecular formula is C18H17FN4O5S. The van der Waals surface area contributed by atoms with Crippen molar-refractivity contribution in [1.82, 2.24) is 16.2 Å². The van der Waals surface area contributed by atoms with Crippen LogP contribution >= 0.6 is 11.8 Å². The van der Waals surface area contributed by atoms with Crippen molar-refractivity contribution in [2.24, 2.45) is 0 Å². The number of nitrogens with one attached hydrogen (secondary N) is 3. The number of nitro benzene ring substituents is 1. The summed E-state index contributed by atoms with van der Waals surface area (Å²) in [5.41, 5.74) is 4.48. The predicted octanol–water partition coefficient (Wildman–Crippen LogP) is 1.79. The molecule has 0 aromatic heterocycles. The van der Waals surface area contributed by atoms with Crippen LogP contribution in [0.15, 0.2) is 53.4 Å². The Labute approximate surface area is 169 Å². The summed E-state index contributed by atoms with van der Waals surface area (Å²) in [6, 6.07) is 11.0. The first-order valence-electron chi connectivity index (χ1n) is 8.34. The van der Waals surface area contributed by atoms with Gasteiger partial charge in [0.05, 0.1) is 10.7 Å². The molecule has 3 N–H and O–H groups in total. The van der Waals surface area contributed by atoms with Gasteiger partial charge in [0.25, 0.3) is 11.6 Å². The molecule has 0 radical (unpaired) electrons. The Morgan fingerprint density at radius 3 is 2.31 bits per heavy atom. The quantitative estimate of drug-likeness (QED) is 0.339. The Bertz CT molecular complexity index is 907. The maximum atomic E-state index is 13.4. The lowest BCUT2D eigenvalue weighted by atomic mass is 10.2. The van der Waals surface area contributed by atoms with E-state index in [9.17, 15) is 28.9 Å². The van der Waals surface area contributed by atoms with Crippen LogP contribution in [0.3, 0.4) is 0 Å². The van der Waals surface area contributed by atoms with Gasteiger partial charge < -0.3 is 5.32 Å². The minimum atomic E-state index is -0.574. The van der Waals surface area contributed by atoms with Crippen molar-refractivity contribution in [3.63, 3.8) is 0 Å². The number of halogens is 1. The van der Waals surface area contributed by atoms with E-state index in [0.717, 1.165) is 11.8 Å². The number of non-ortho nitro benzene ring substituents is 1. The van der Waals surface area contributed by atoms with Gasteiger partial charge in [0.15, 0.2) is 0 Å². The summed E-state index contributed by atoms with van der Waals surface area (Å²) in [5.74, 6) is -2.05. The number of hydrazine groups is 1. The van der Waals surface area contributed by atoms with Crippen molar-refractivity contribution >= 4 is 35.2 Å². The number of nitro groups is 1. The average Bonchev–Trinajstić information content (AvgIpc) is 2.71. The molecule has 0 aliphatic rings. The first-order chi connectivity index (χ1) is 13.9. The van der Waals surface area contributed by atoms with Crippen LogP contribution < -0.4 is 16.2 Å². The number of rotatable bonds is 8. The Morgan fingerprint density at radius 2 is 1.66 bits per heavy atom. The van der Waals surface area contributed by atoms with Crippen molar-refractivity contribution in [1.29, 1.82) is 0 Å². The van der Waals surface area contributed by atoms with Crippen LogP contribution in [-0.4, -0.2) is 34.9 Å². The van der Waals surface area contributed by atoms with E-state index in [1.807, 2.05) is 0 Å². The maximum Gasteiger partial charge on any atom is 0.269 e. The number of benzene rings is 2. The molecule has 0 aliphatic carbocycles. The second-order valence-corrected chi connectivity index (χ2v) is 6.64. The van der Waals surface area contributed by atoms with Crippen LogP contribution in [0.5, 0.6) is 0 Å². The standard InChI is InChI=1S/C18H17FN4O5S/c19-14-3-1-2-4-15(14)29-11-17(25)22-21-16(24)9-10-20-18(26)12-5-7-13(8-6-12)23(27)28/h1-8H,9-11H2,(H,20,26)(H,21,24)(H,22,25). The van der Waals surface area contributed by atoms with E-state index in [2.05, 4.69) is 16.2 Å². The van der Waals surface area contributed by atoms with Gasteiger partial charge >= 0.3 is 0 Å². The summed E-state index contributed by atoms with van der Waals surface area (Å²) < 4.78 is 13.4. The molecular weight excluding hydrogens is 403 g/mol. The minimum absolute atomic E-state index is 0.00149. The highest BCUT2D eigenvalue weighted by atomic mass is 32.2. The highest BCUT2D eigenvalue weighted by Gasteiger charge is 2.11. The van der Waals surface area contributed by atoms with E-state index >= 15 is 0 Å². The molecule has 0 unspecified atom stereocenters. The summed E-state index contributed by atoms with van der Waals surface area (Å²) in [6.45, 7) is 0.00149. The Kier molecular flexibility index (Phi) is 8.10. The molecule has 2 rings (SSSR count). The Hall–Kier alpha value is -3.47. The monoisotopic (exact) mass is 420 g/mol. The van der Waals surface area contributed by atoms with E-state index < -0.39 is 28.5 Å². The summed E-state index contributed by atoms with van der Waals surface area (Å²) in [4.78, 5) is 45.6. The number of carbonyl (C=O) groups is 3. The van der Waals surface area contributed by atoms with Crippen LogP contribution in [0.1, 0.15) is 16.8 Å². The van der Waals surface area contributed by atoms with Crippen molar-refractivity contribution < 1.29 is 23.7 Å². The first kappa shape index (κ1) is 21.8. The summed E-state index contributed by atoms with van der Waals surface area (Å²) in [7, 11) is 0. The SMILES string of the molecule is O=C(CCNC(=O)c1ccc([N+](=O)[O-])cc1)NNC(=O)CSc1ccccc1F. The fourth-order valence-electron chi connectivity index (χ4n) is 2.07. The van der Waals surface area contributed by atoms with E-state index in [1.165, 1.54) is 30.3 Å². The Morgan fingerprint density at radius 1 is 1.00 bits per heavy atom. The molecule has 29 heavy (non-hydrogen) atoms. The molecule has 0 bridgehead atoms. The number of nitrogens with zero attached hydrogens (tertiary/aromatic N) is 1. The largest absolute Gasteiger partial charge is 0.352 e. The molecule has 0 fully saturated rings. The van der Waals surface area contributed by atoms with Gasteiger partial charge in [0.1, 0.15) is 5.82 Å². The van der Waals surface area contributed by atoms with E-state index in [1.54, 1.807) is 18.2 Å². The van der Waals surface area contributed by atoms with Crippen LogP contribution in [0.2, 0.25) is 0 Å². The van der Waals surface area contributed by atoms with Crippen molar-refractivity contribution in [3.8, 4) is 0 Å². The van der Waals surface area contributed by atoms with Crippen molar-refractivity contribution in [3.05, 3.63) is 70.0 Å². The third kappa shape index (κ3) is 7.22. The molecule has 0 heterocycles. The lowest BCUT2D eigenvalue weighted by Crippen LogP contribution is -2.43. The number of carbonyl (C=O) groups excluding carboxylic acids is 3. The molecule has 0 saturated carbocycles. The number of hydrogen-bond acceptors (Lipinski definition) is 6. The maximum absolute atomic E-state index is 13.4. The smallest absolute Gasteiger partial charge is 0.269 e. The van der Waals surface area contributed by atoms with Crippen molar-refractivity contribution in [2.45, 2.75) is 11.3 Å². The van der Waals surface area contributed by atoms with E-state index in [4.69, 9.17) is 0 Å². The second kappa shape index (κ2) is 10.8. The van der Waals surface area contributed by atoms with Crippen LogP contribution in [0.4, 0.5) is 10.1 Å². The molecule has 152 valence electrons. The normalized spacial score (nSPS) is 10.1. The molecule has 2 aromatic rings. The minimum Gasteiger partial charge on any atom is -0.352 e. The molecule has 11 heteroatoms. The highest BCUT2D eigenvalue weighted by molar-refractivity contribution is 8.00. The van der Waals surface area contributed by atoms with Gasteiger partial charge in [0.2, 0.25) is 11.8 Å². The zero-order chi connectivity index (χ0) is 21.2. The third-order valence-electron chi connectivity index (χ3n) is 3.51. The zero-order valence-electron chi connectivity index (χ0n) is 15.0. The highest BCUT2D eigenvalue weighted by Crippen LogP contribution is 2.20. The molecule has 3 amide bonds. The van der Waals surface area contributed by atoms with Crippen LogP contribution in [0.25, 0.3) is 0 Å². The van der Waals surface area contributed by atoms with Gasteiger partial charge in [-0.15, -0.1) is 11.8 Å². The molecule has 0 atom stereocenters. The van der Waals surface area contributed by atoms with Crippen LogP contribution in [-0.2, 0) is 9.59 Å². The molecule has 0 spiro atoms. The van der Waals surface area contributed by atoms with Gasteiger partial charge in [-0.3, -0.25) is 35.3 Å². The summed E-state index contributed by atoms with van der Waals surface area (Å²) >= 11 is 0.991. The fourth-order valence-corrected chi connectivity index (χ4v) is 2.81. The summed E-state index contributed by atoms with van der Waals surface area (Å²) in [6.07, 6.45) is -0.0978. The number of amides is 3. The average molecular weight is 420 g/mol. The number of thioether (sulfide) groups is 1. The van der Waals surface area contributed by atoms with Gasteiger partial charge in [-0.1, -0.05) is 12.1 Å². The molecule has 9 nitrogen and oxygen atoms in total. The van der Waals surface area contributed by atoms with Gasteiger partial charge in [0, 0.05) is 35.6 Å². The fraction of sp³-hybridized carbons (Fsp3) is 0.167. The zero-order valence-corrected chi connectivity index (χ0v) is 15.8. The van der Waals surface area contributed by atoms with Gasteiger partial charge in [-0.05, 0) is 24.3 Å². The third-order valence-corrected chi connectivity index (χ3v) is 4.56. The number of hydrogen-bond donors (Lipinski definition) is 3. The molecule has 0 aliphatic heterocycles. The van der Waals surface area contributed by atoms with E-state index in [0.29, 0.717) is 4.90 Å². The predicted molar refractivity (Wildman–Crippen MR) is 103 cm³/mol. The molecule has 2 aromatic carbocycles. The van der Waals surface area contributed by atoms with Gasteiger partial charge in [-0.25, -0.2) is 4.39 Å². The Balaban J connectivity index is 1.65. The van der Waals surface area contributed by atoms with E-state index in [-0.39, 0.29) is 30.0 Å². The topological polar surface area (TPSA) is 130 Å². The summed E-state index contributed by atoms with van der Waals surface area (Å²) in [5, 5.41) is 13.1. The first-order valence-corrected chi connectivity index (χ1v) is 9.33. The lowest BCUT2D eigenvalue weighted by Gasteiger charge is -2.08.